The fraction of sp³-hybridized carbons (Fsp3) is 0.389. The van der Waals surface area contributed by atoms with Crippen molar-refractivity contribution < 1.29 is 4.79 Å². The summed E-state index contributed by atoms with van der Waals surface area (Å²) in [5.74, 6) is 6.62. The average molecular weight is 372 g/mol. The summed E-state index contributed by atoms with van der Waals surface area (Å²) < 4.78 is 0. The highest BCUT2D eigenvalue weighted by molar-refractivity contribution is 7.14. The summed E-state index contributed by atoms with van der Waals surface area (Å²) in [6.07, 6.45) is 8.80. The Morgan fingerprint density at radius 3 is 3.00 bits per heavy atom. The van der Waals surface area contributed by atoms with Gasteiger partial charge in [0.1, 0.15) is 9.88 Å². The number of carbonyl (C=O) groups is 1. The van der Waals surface area contributed by atoms with E-state index in [0.717, 1.165) is 24.4 Å². The van der Waals surface area contributed by atoms with E-state index in [4.69, 9.17) is 11.6 Å². The fourth-order valence-electron chi connectivity index (χ4n) is 2.53. The van der Waals surface area contributed by atoms with Crippen molar-refractivity contribution in [3.05, 3.63) is 51.9 Å². The first-order valence-corrected chi connectivity index (χ1v) is 9.48. The van der Waals surface area contributed by atoms with Gasteiger partial charge in [-0.05, 0) is 30.9 Å². The van der Waals surface area contributed by atoms with E-state index in [-0.39, 0.29) is 5.91 Å². The standard InChI is InChI=1S/C18H24N6OS/c1-12-16(17(25)22-10-14-3-2-7-21-9-14)26-18(23-12)15(19)11-24(20)8-6-13-4-5-13/h2-3,7,9,11,13H,4-6,8,10,19-20H2,1H3,(H,22,25)/b15-11-. The molecule has 0 spiro atoms. The van der Waals surface area contributed by atoms with E-state index in [2.05, 4.69) is 15.3 Å². The summed E-state index contributed by atoms with van der Waals surface area (Å²) >= 11 is 1.28. The largest absolute Gasteiger partial charge is 0.395 e. The molecule has 0 saturated heterocycles. The molecular weight excluding hydrogens is 348 g/mol. The van der Waals surface area contributed by atoms with Gasteiger partial charge in [-0.15, -0.1) is 11.3 Å². The maximum absolute atomic E-state index is 12.4. The van der Waals surface area contributed by atoms with Crippen LogP contribution in [-0.2, 0) is 6.54 Å². The van der Waals surface area contributed by atoms with Crippen molar-refractivity contribution in [1.82, 2.24) is 20.3 Å². The molecule has 138 valence electrons. The van der Waals surface area contributed by atoms with Gasteiger partial charge >= 0.3 is 0 Å². The number of aryl methyl sites for hydroxylation is 1. The zero-order chi connectivity index (χ0) is 18.5. The molecular formula is C18H24N6OS. The lowest BCUT2D eigenvalue weighted by molar-refractivity contribution is 0.0954. The number of nitrogens with one attached hydrogen (secondary N) is 1. The van der Waals surface area contributed by atoms with Crippen LogP contribution >= 0.6 is 11.3 Å². The van der Waals surface area contributed by atoms with E-state index in [0.29, 0.717) is 27.8 Å². The zero-order valence-corrected chi connectivity index (χ0v) is 15.6. The maximum Gasteiger partial charge on any atom is 0.263 e. The first-order valence-electron chi connectivity index (χ1n) is 8.66. The molecule has 8 heteroatoms. The van der Waals surface area contributed by atoms with Crippen LogP contribution in [0.4, 0.5) is 0 Å². The van der Waals surface area contributed by atoms with Crippen molar-refractivity contribution in [2.75, 3.05) is 6.54 Å². The molecule has 7 nitrogen and oxygen atoms in total. The fourth-order valence-corrected chi connectivity index (χ4v) is 3.44. The van der Waals surface area contributed by atoms with Crippen molar-refractivity contribution in [1.29, 1.82) is 0 Å². The van der Waals surface area contributed by atoms with Crippen LogP contribution in [0.25, 0.3) is 5.70 Å². The quantitative estimate of drug-likeness (QED) is 0.483. The second-order valence-corrected chi connectivity index (χ2v) is 7.53. The number of hydrazine groups is 1. The molecule has 1 fully saturated rings. The van der Waals surface area contributed by atoms with Crippen LogP contribution in [0.2, 0.25) is 0 Å². The van der Waals surface area contributed by atoms with E-state index in [1.165, 1.54) is 24.2 Å². The molecule has 0 aromatic carbocycles. The molecule has 1 aliphatic rings. The van der Waals surface area contributed by atoms with Crippen molar-refractivity contribution in [2.24, 2.45) is 17.5 Å². The molecule has 3 rings (SSSR count). The topological polar surface area (TPSA) is 110 Å². The Bertz CT molecular complexity index is 784. The van der Waals surface area contributed by atoms with Crippen LogP contribution in [0.1, 0.15) is 45.2 Å². The van der Waals surface area contributed by atoms with E-state index in [1.54, 1.807) is 30.5 Å². The van der Waals surface area contributed by atoms with Gasteiger partial charge in [0.2, 0.25) is 0 Å². The number of nitrogens with zero attached hydrogens (tertiary/aromatic N) is 3. The number of hydrogen-bond acceptors (Lipinski definition) is 7. The van der Waals surface area contributed by atoms with Crippen molar-refractivity contribution in [3.63, 3.8) is 0 Å². The summed E-state index contributed by atoms with van der Waals surface area (Å²) in [5.41, 5.74) is 8.19. The molecule has 2 heterocycles. The highest BCUT2D eigenvalue weighted by Gasteiger charge is 2.21. The Morgan fingerprint density at radius 1 is 1.50 bits per heavy atom. The minimum absolute atomic E-state index is 0.166. The highest BCUT2D eigenvalue weighted by atomic mass is 32.1. The van der Waals surface area contributed by atoms with Crippen LogP contribution in [-0.4, -0.2) is 27.4 Å². The molecule has 2 aromatic rings. The monoisotopic (exact) mass is 372 g/mol. The Kier molecular flexibility index (Phi) is 5.85. The molecule has 0 bridgehead atoms. The molecule has 1 saturated carbocycles. The van der Waals surface area contributed by atoms with Gasteiger partial charge in [0, 0.05) is 31.7 Å². The van der Waals surface area contributed by atoms with Gasteiger partial charge in [0.15, 0.2) is 0 Å². The Hall–Kier alpha value is -2.45. The lowest BCUT2D eigenvalue weighted by Gasteiger charge is -2.13. The molecule has 0 aliphatic heterocycles. The minimum Gasteiger partial charge on any atom is -0.395 e. The normalized spacial score (nSPS) is 14.3. The van der Waals surface area contributed by atoms with Crippen LogP contribution in [0.3, 0.4) is 0 Å². The lowest BCUT2D eigenvalue weighted by Crippen LogP contribution is -2.27. The number of aromatic nitrogens is 2. The van der Waals surface area contributed by atoms with Gasteiger partial charge < -0.3 is 16.1 Å². The third-order valence-corrected chi connectivity index (χ3v) is 5.43. The molecule has 0 radical (unpaired) electrons. The van der Waals surface area contributed by atoms with E-state index in [9.17, 15) is 4.79 Å². The Balaban J connectivity index is 1.60. The van der Waals surface area contributed by atoms with Gasteiger partial charge in [-0.3, -0.25) is 9.78 Å². The number of nitrogens with two attached hydrogens (primary N) is 2. The van der Waals surface area contributed by atoms with Crippen molar-refractivity contribution in [2.45, 2.75) is 32.7 Å². The predicted octanol–water partition coefficient (Wildman–Crippen LogP) is 2.01. The van der Waals surface area contributed by atoms with Crippen LogP contribution < -0.4 is 16.9 Å². The van der Waals surface area contributed by atoms with Gasteiger partial charge in [-0.25, -0.2) is 10.8 Å². The average Bonchev–Trinajstić information content (AvgIpc) is 3.39. The van der Waals surface area contributed by atoms with Crippen molar-refractivity contribution in [3.8, 4) is 0 Å². The summed E-state index contributed by atoms with van der Waals surface area (Å²) in [6.45, 7) is 3.00. The predicted molar refractivity (Wildman–Crippen MR) is 103 cm³/mol. The van der Waals surface area contributed by atoms with E-state index < -0.39 is 0 Å². The summed E-state index contributed by atoms with van der Waals surface area (Å²) in [6, 6.07) is 3.75. The van der Waals surface area contributed by atoms with Gasteiger partial charge in [-0.2, -0.15) is 0 Å². The number of hydrogen-bond donors (Lipinski definition) is 3. The number of pyridine rings is 1. The second-order valence-electron chi connectivity index (χ2n) is 6.53. The molecule has 0 unspecified atom stereocenters. The number of thiazole rings is 1. The zero-order valence-electron chi connectivity index (χ0n) is 14.8. The van der Waals surface area contributed by atoms with Gasteiger partial charge in [0.05, 0.1) is 11.4 Å². The molecule has 5 N–H and O–H groups in total. The summed E-state index contributed by atoms with van der Waals surface area (Å²) in [5, 5.41) is 5.10. The second kappa shape index (κ2) is 8.29. The first-order chi connectivity index (χ1) is 12.5. The number of rotatable bonds is 8. The Labute approximate surface area is 157 Å². The maximum atomic E-state index is 12.4. The van der Waals surface area contributed by atoms with E-state index in [1.807, 2.05) is 12.1 Å². The van der Waals surface area contributed by atoms with Crippen LogP contribution in [0, 0.1) is 12.8 Å². The van der Waals surface area contributed by atoms with Crippen LogP contribution in [0.15, 0.2) is 30.7 Å². The molecule has 1 amide bonds. The Morgan fingerprint density at radius 2 is 2.31 bits per heavy atom. The third kappa shape index (κ3) is 5.03. The van der Waals surface area contributed by atoms with E-state index >= 15 is 0 Å². The first kappa shape index (κ1) is 18.3. The highest BCUT2D eigenvalue weighted by Crippen LogP contribution is 2.32. The molecule has 26 heavy (non-hydrogen) atoms. The number of amides is 1. The third-order valence-electron chi connectivity index (χ3n) is 4.22. The summed E-state index contributed by atoms with van der Waals surface area (Å²) in [7, 11) is 0. The van der Waals surface area contributed by atoms with Crippen molar-refractivity contribution >= 4 is 22.9 Å². The lowest BCUT2D eigenvalue weighted by atomic mass is 10.3. The summed E-state index contributed by atoms with van der Waals surface area (Å²) in [4.78, 5) is 21.4. The molecule has 2 aromatic heterocycles. The SMILES string of the molecule is Cc1nc(/C(N)=C/N(N)CCC2CC2)sc1C(=O)NCc1cccnc1. The smallest absolute Gasteiger partial charge is 0.263 e. The number of carbonyl (C=O) groups excluding carboxylic acids is 1. The minimum atomic E-state index is -0.166. The van der Waals surface area contributed by atoms with Gasteiger partial charge in [0.25, 0.3) is 5.91 Å². The molecule has 1 aliphatic carbocycles. The van der Waals surface area contributed by atoms with Gasteiger partial charge in [-0.1, -0.05) is 18.9 Å². The van der Waals surface area contributed by atoms with Crippen LogP contribution in [0.5, 0.6) is 0 Å². The molecule has 0 atom stereocenters.